The Morgan fingerprint density at radius 1 is 1.27 bits per heavy atom. The van der Waals surface area contributed by atoms with E-state index < -0.39 is 0 Å². The first kappa shape index (κ1) is 14.5. The van der Waals surface area contributed by atoms with E-state index in [9.17, 15) is 9.59 Å². The Bertz CT molecular complexity index is 763. The lowest BCUT2D eigenvalue weighted by Gasteiger charge is -2.27. The van der Waals surface area contributed by atoms with E-state index in [1.54, 1.807) is 26.2 Å². The molecule has 116 valence electrons. The highest BCUT2D eigenvalue weighted by molar-refractivity contribution is 5.93. The van der Waals surface area contributed by atoms with E-state index in [-0.39, 0.29) is 11.5 Å². The van der Waals surface area contributed by atoms with E-state index in [4.69, 9.17) is 4.74 Å². The Balaban J connectivity index is 2.03. The Hall–Kier alpha value is -2.41. The van der Waals surface area contributed by atoms with Crippen LogP contribution in [0.25, 0.3) is 5.65 Å². The molecule has 1 amide bonds. The van der Waals surface area contributed by atoms with Crippen molar-refractivity contribution < 1.29 is 9.53 Å². The van der Waals surface area contributed by atoms with Gasteiger partial charge in [-0.3, -0.25) is 14.0 Å². The van der Waals surface area contributed by atoms with Crippen LogP contribution in [0.15, 0.2) is 29.2 Å². The van der Waals surface area contributed by atoms with E-state index >= 15 is 0 Å². The number of amides is 1. The molecule has 0 aliphatic carbocycles. The third kappa shape index (κ3) is 2.67. The molecule has 3 heterocycles. The zero-order valence-electron chi connectivity index (χ0n) is 12.7. The summed E-state index contributed by atoms with van der Waals surface area (Å²) in [5.41, 5.74) is 0.796. The van der Waals surface area contributed by atoms with Crippen LogP contribution in [0, 0.1) is 0 Å². The topological polar surface area (TPSA) is 67.2 Å². The van der Waals surface area contributed by atoms with Crippen LogP contribution in [-0.4, -0.2) is 60.6 Å². The molecule has 0 N–H and O–H groups in total. The molecular formula is C15H18N4O3. The van der Waals surface area contributed by atoms with Gasteiger partial charge in [0.1, 0.15) is 11.5 Å². The van der Waals surface area contributed by atoms with Gasteiger partial charge in [0.2, 0.25) is 0 Å². The van der Waals surface area contributed by atoms with Gasteiger partial charge in [-0.2, -0.15) is 0 Å². The summed E-state index contributed by atoms with van der Waals surface area (Å²) in [6.45, 7) is 2.72. The van der Waals surface area contributed by atoms with Crippen molar-refractivity contribution in [2.24, 2.45) is 0 Å². The molecule has 22 heavy (non-hydrogen) atoms. The quantitative estimate of drug-likeness (QED) is 0.794. The number of carbonyl (C=O) groups is 1. The predicted octanol–water partition coefficient (Wildman–Crippen LogP) is 0.233. The van der Waals surface area contributed by atoms with Gasteiger partial charge in [0.05, 0.1) is 18.8 Å². The summed E-state index contributed by atoms with van der Waals surface area (Å²) >= 11 is 0. The molecule has 0 atom stereocenters. The molecule has 1 fully saturated rings. The maximum absolute atomic E-state index is 12.3. The third-order valence-electron chi connectivity index (χ3n) is 3.63. The largest absolute Gasteiger partial charge is 0.378 e. The van der Waals surface area contributed by atoms with Crippen LogP contribution in [0.5, 0.6) is 0 Å². The van der Waals surface area contributed by atoms with E-state index in [1.165, 1.54) is 21.6 Å². The van der Waals surface area contributed by atoms with Crippen molar-refractivity contribution in [3.8, 4) is 0 Å². The second-order valence-corrected chi connectivity index (χ2v) is 5.40. The number of ether oxygens (including phenoxy) is 1. The second kappa shape index (κ2) is 5.76. The second-order valence-electron chi connectivity index (χ2n) is 5.40. The summed E-state index contributed by atoms with van der Waals surface area (Å²) in [6.07, 6.45) is 1.54. The summed E-state index contributed by atoms with van der Waals surface area (Å²) < 4.78 is 6.71. The SMILES string of the molecule is CN(C)C(=O)c1ccc2nc(N3CCOCC3)cc(=O)n2c1. The molecule has 7 nitrogen and oxygen atoms in total. The van der Waals surface area contributed by atoms with Crippen molar-refractivity contribution in [2.45, 2.75) is 0 Å². The van der Waals surface area contributed by atoms with E-state index in [0.717, 1.165) is 13.1 Å². The van der Waals surface area contributed by atoms with Crippen molar-refractivity contribution in [1.29, 1.82) is 0 Å². The highest BCUT2D eigenvalue weighted by Crippen LogP contribution is 2.13. The fourth-order valence-electron chi connectivity index (χ4n) is 2.43. The Kier molecular flexibility index (Phi) is 3.81. The lowest BCUT2D eigenvalue weighted by atomic mass is 10.2. The lowest BCUT2D eigenvalue weighted by Crippen LogP contribution is -2.37. The smallest absolute Gasteiger partial charge is 0.259 e. The van der Waals surface area contributed by atoms with Gasteiger partial charge in [0.15, 0.2) is 0 Å². The Morgan fingerprint density at radius 2 is 2.00 bits per heavy atom. The first-order valence-electron chi connectivity index (χ1n) is 7.14. The number of anilines is 1. The standard InChI is InChI=1S/C15H18N4O3/c1-17(2)15(21)11-3-4-12-16-13(9-14(20)19(12)10-11)18-5-7-22-8-6-18/h3-4,9-10H,5-8H2,1-2H3. The Labute approximate surface area is 127 Å². The lowest BCUT2D eigenvalue weighted by molar-refractivity contribution is 0.0827. The van der Waals surface area contributed by atoms with Crippen LogP contribution in [-0.2, 0) is 4.74 Å². The number of nitrogens with zero attached hydrogens (tertiary/aromatic N) is 4. The Morgan fingerprint density at radius 3 is 2.68 bits per heavy atom. The predicted molar refractivity (Wildman–Crippen MR) is 82.5 cm³/mol. The number of morpholine rings is 1. The molecular weight excluding hydrogens is 284 g/mol. The third-order valence-corrected chi connectivity index (χ3v) is 3.63. The molecule has 0 unspecified atom stereocenters. The number of hydrogen-bond donors (Lipinski definition) is 0. The van der Waals surface area contributed by atoms with Crippen molar-refractivity contribution in [2.75, 3.05) is 45.3 Å². The summed E-state index contributed by atoms with van der Waals surface area (Å²) in [7, 11) is 3.35. The fourth-order valence-corrected chi connectivity index (χ4v) is 2.43. The number of aromatic nitrogens is 2. The monoisotopic (exact) mass is 302 g/mol. The summed E-state index contributed by atoms with van der Waals surface area (Å²) in [6, 6.07) is 4.89. The molecule has 1 aliphatic rings. The van der Waals surface area contributed by atoms with Crippen LogP contribution >= 0.6 is 0 Å². The van der Waals surface area contributed by atoms with E-state index in [1.807, 2.05) is 4.90 Å². The molecule has 3 rings (SSSR count). The van der Waals surface area contributed by atoms with Gasteiger partial charge in [0.25, 0.3) is 11.5 Å². The number of hydrogen-bond acceptors (Lipinski definition) is 5. The summed E-state index contributed by atoms with van der Waals surface area (Å²) in [5.74, 6) is 0.506. The summed E-state index contributed by atoms with van der Waals surface area (Å²) in [5, 5.41) is 0. The van der Waals surface area contributed by atoms with Crippen LogP contribution in [0.1, 0.15) is 10.4 Å². The van der Waals surface area contributed by atoms with E-state index in [2.05, 4.69) is 4.98 Å². The molecule has 1 aliphatic heterocycles. The highest BCUT2D eigenvalue weighted by Gasteiger charge is 2.15. The highest BCUT2D eigenvalue weighted by atomic mass is 16.5. The number of rotatable bonds is 2. The molecule has 0 bridgehead atoms. The molecule has 2 aromatic rings. The van der Waals surface area contributed by atoms with Gasteiger partial charge in [-0.15, -0.1) is 0 Å². The minimum Gasteiger partial charge on any atom is -0.378 e. The van der Waals surface area contributed by atoms with Crippen LogP contribution in [0.4, 0.5) is 5.82 Å². The van der Waals surface area contributed by atoms with Crippen LogP contribution in [0.3, 0.4) is 0 Å². The number of pyridine rings is 1. The number of fused-ring (bicyclic) bond motifs is 1. The normalized spacial score (nSPS) is 15.1. The van der Waals surface area contributed by atoms with Crippen LogP contribution < -0.4 is 10.5 Å². The van der Waals surface area contributed by atoms with Crippen molar-refractivity contribution in [1.82, 2.24) is 14.3 Å². The molecule has 0 aromatic carbocycles. The minimum absolute atomic E-state index is 0.147. The molecule has 0 saturated carbocycles. The van der Waals surface area contributed by atoms with Gasteiger partial charge in [-0.25, -0.2) is 4.98 Å². The maximum atomic E-state index is 12.3. The molecule has 2 aromatic heterocycles. The van der Waals surface area contributed by atoms with Gasteiger partial charge in [-0.1, -0.05) is 0 Å². The molecule has 0 spiro atoms. The molecule has 1 saturated heterocycles. The first-order chi connectivity index (χ1) is 10.6. The van der Waals surface area contributed by atoms with Crippen LogP contribution in [0.2, 0.25) is 0 Å². The molecule has 0 radical (unpaired) electrons. The average molecular weight is 302 g/mol. The van der Waals surface area contributed by atoms with Gasteiger partial charge in [-0.05, 0) is 12.1 Å². The zero-order valence-corrected chi connectivity index (χ0v) is 12.7. The van der Waals surface area contributed by atoms with Gasteiger partial charge >= 0.3 is 0 Å². The first-order valence-corrected chi connectivity index (χ1v) is 7.14. The molecule has 7 heteroatoms. The van der Waals surface area contributed by atoms with Gasteiger partial charge in [0, 0.05) is 39.4 Å². The zero-order chi connectivity index (χ0) is 15.7. The number of carbonyl (C=O) groups excluding carboxylic acids is 1. The maximum Gasteiger partial charge on any atom is 0.259 e. The summed E-state index contributed by atoms with van der Waals surface area (Å²) in [4.78, 5) is 32.3. The average Bonchev–Trinajstić information content (AvgIpc) is 2.54. The fraction of sp³-hybridized carbons (Fsp3) is 0.400. The van der Waals surface area contributed by atoms with Crippen molar-refractivity contribution in [3.05, 3.63) is 40.3 Å². The van der Waals surface area contributed by atoms with Gasteiger partial charge < -0.3 is 14.5 Å². The van der Waals surface area contributed by atoms with Crippen molar-refractivity contribution in [3.63, 3.8) is 0 Å². The van der Waals surface area contributed by atoms with Crippen molar-refractivity contribution >= 4 is 17.4 Å². The van der Waals surface area contributed by atoms with E-state index in [0.29, 0.717) is 30.2 Å². The minimum atomic E-state index is -0.195.